The van der Waals surface area contributed by atoms with Gasteiger partial charge in [-0.2, -0.15) is 0 Å². The number of aromatic nitrogens is 2. The average Bonchev–Trinajstić information content (AvgIpc) is 2.88. The van der Waals surface area contributed by atoms with Gasteiger partial charge in [-0.1, -0.05) is 65.8 Å². The quantitative estimate of drug-likeness (QED) is 0.250. The van der Waals surface area contributed by atoms with E-state index in [1.807, 2.05) is 44.3 Å². The number of hydrogen-bond acceptors (Lipinski definition) is 7. The van der Waals surface area contributed by atoms with Crippen molar-refractivity contribution in [2.75, 3.05) is 42.9 Å². The number of fused-ring (bicyclic) bond motifs is 1. The Labute approximate surface area is 211 Å². The van der Waals surface area contributed by atoms with Gasteiger partial charge in [0.1, 0.15) is 5.82 Å². The summed E-state index contributed by atoms with van der Waals surface area (Å²) in [5, 5.41) is 1.50. The molecule has 0 aliphatic carbocycles. The fourth-order valence-electron chi connectivity index (χ4n) is 3.93. The lowest BCUT2D eigenvalue weighted by molar-refractivity contribution is 0.0738. The van der Waals surface area contributed by atoms with Crippen LogP contribution < -0.4 is 9.80 Å². The molecule has 1 aromatic heterocycles. The molecule has 3 aromatic rings. The molecule has 0 atom stereocenters. The maximum Gasteiger partial charge on any atom is 0.189 e. The molecule has 0 saturated heterocycles. The third-order valence-electron chi connectivity index (χ3n) is 5.65. The van der Waals surface area contributed by atoms with Gasteiger partial charge in [0.05, 0.1) is 36.6 Å². The number of anilines is 2. The molecule has 180 valence electrons. The smallest absolute Gasteiger partial charge is 0.189 e. The van der Waals surface area contributed by atoms with Crippen molar-refractivity contribution in [1.82, 2.24) is 9.97 Å². The lowest BCUT2D eigenvalue weighted by atomic mass is 10.1. The Morgan fingerprint density at radius 1 is 1.00 bits per heavy atom. The number of para-hydroxylation sites is 1. The number of hydrogen-bond donors (Lipinski definition) is 0. The second-order valence-corrected chi connectivity index (χ2v) is 9.36. The second-order valence-electron chi connectivity index (χ2n) is 8.01. The molecule has 6 nitrogen and oxygen atoms in total. The van der Waals surface area contributed by atoms with Gasteiger partial charge in [-0.05, 0) is 31.5 Å². The molecule has 1 aliphatic heterocycles. The van der Waals surface area contributed by atoms with Gasteiger partial charge in [-0.3, -0.25) is 0 Å². The molecule has 0 bridgehead atoms. The molecule has 4 rings (SSSR count). The molecule has 8 heteroatoms. The maximum absolute atomic E-state index is 6.56. The fraction of sp³-hybridized carbons (Fsp3) is 0.385. The first-order chi connectivity index (χ1) is 16.7. The topological polar surface area (TPSA) is 50.7 Å². The van der Waals surface area contributed by atoms with Crippen molar-refractivity contribution >= 4 is 34.9 Å². The zero-order valence-electron chi connectivity index (χ0n) is 19.7. The first-order valence-electron chi connectivity index (χ1n) is 11.6. The summed E-state index contributed by atoms with van der Waals surface area (Å²) in [5.74, 6) is 1.77. The Hall–Kier alpha value is -2.32. The van der Waals surface area contributed by atoms with Crippen LogP contribution in [0.15, 0.2) is 66.0 Å². The third kappa shape index (κ3) is 6.21. The highest BCUT2D eigenvalue weighted by atomic mass is 35.5. The van der Waals surface area contributed by atoms with Crippen LogP contribution in [0.4, 0.5) is 11.5 Å². The molecular weight excluding hydrogens is 468 g/mol. The molecule has 2 aromatic carbocycles. The molecule has 0 N–H and O–H groups in total. The van der Waals surface area contributed by atoms with Crippen LogP contribution in [-0.2, 0) is 21.8 Å². The summed E-state index contributed by atoms with van der Waals surface area (Å²) in [6.45, 7) is 7.78. The number of nitrogens with zero attached hydrogens (tertiary/aromatic N) is 4. The van der Waals surface area contributed by atoms with Crippen LogP contribution in [-0.4, -0.2) is 49.1 Å². The fourth-order valence-corrected chi connectivity index (χ4v) is 4.96. The average molecular weight is 499 g/mol. The molecule has 0 saturated carbocycles. The zero-order chi connectivity index (χ0) is 23.8. The Kier molecular flexibility index (Phi) is 9.04. The second kappa shape index (κ2) is 12.4. The highest BCUT2D eigenvalue weighted by Crippen LogP contribution is 2.35. The van der Waals surface area contributed by atoms with E-state index in [9.17, 15) is 0 Å². The monoisotopic (exact) mass is 498 g/mol. The van der Waals surface area contributed by atoms with Crippen LogP contribution in [0.3, 0.4) is 0 Å². The van der Waals surface area contributed by atoms with E-state index < -0.39 is 0 Å². The molecule has 0 radical (unpaired) electrons. The summed E-state index contributed by atoms with van der Waals surface area (Å²) in [5.41, 5.74) is 3.31. The summed E-state index contributed by atoms with van der Waals surface area (Å²) < 4.78 is 11.7. The summed E-state index contributed by atoms with van der Waals surface area (Å²) in [6.07, 6.45) is 1.95. The van der Waals surface area contributed by atoms with E-state index in [0.29, 0.717) is 39.6 Å². The SMILES string of the molecule is CCOCC(COCC)N1CN(c2ccccc2Cl)Cc2cnc(SCc3ccccc3)nc21. The van der Waals surface area contributed by atoms with Crippen molar-refractivity contribution in [3.63, 3.8) is 0 Å². The van der Waals surface area contributed by atoms with Crippen LogP contribution >= 0.6 is 23.4 Å². The van der Waals surface area contributed by atoms with Gasteiger partial charge in [-0.15, -0.1) is 0 Å². The van der Waals surface area contributed by atoms with Gasteiger partial charge in [0.25, 0.3) is 0 Å². The standard InChI is InChI=1S/C26H31ClN4O2S/c1-3-32-16-22(17-33-4-2)31-19-30(24-13-9-8-12-23(24)27)15-21-14-28-26(29-25(21)31)34-18-20-10-6-5-7-11-20/h5-14,22H,3-4,15-19H2,1-2H3. The number of thioether (sulfide) groups is 1. The maximum atomic E-state index is 6.56. The largest absolute Gasteiger partial charge is 0.380 e. The molecule has 1 aliphatic rings. The highest BCUT2D eigenvalue weighted by molar-refractivity contribution is 7.98. The first kappa shape index (κ1) is 24.8. The molecule has 0 unspecified atom stereocenters. The van der Waals surface area contributed by atoms with Gasteiger partial charge in [-0.25, -0.2) is 9.97 Å². The van der Waals surface area contributed by atoms with Crippen LogP contribution in [0.1, 0.15) is 25.0 Å². The minimum Gasteiger partial charge on any atom is -0.380 e. The van der Waals surface area contributed by atoms with Gasteiger partial charge < -0.3 is 19.3 Å². The van der Waals surface area contributed by atoms with Crippen LogP contribution in [0.25, 0.3) is 0 Å². The lowest BCUT2D eigenvalue weighted by Crippen LogP contribution is -2.52. The van der Waals surface area contributed by atoms with E-state index in [4.69, 9.17) is 26.1 Å². The van der Waals surface area contributed by atoms with Crippen LogP contribution in [0.2, 0.25) is 5.02 Å². The molecule has 0 fully saturated rings. The zero-order valence-corrected chi connectivity index (χ0v) is 21.3. The van der Waals surface area contributed by atoms with Crippen molar-refractivity contribution in [3.05, 3.63) is 76.9 Å². The number of rotatable bonds is 11. The summed E-state index contributed by atoms with van der Waals surface area (Å²) in [7, 11) is 0. The highest BCUT2D eigenvalue weighted by Gasteiger charge is 2.31. The van der Waals surface area contributed by atoms with Gasteiger partial charge in [0.2, 0.25) is 0 Å². The van der Waals surface area contributed by atoms with E-state index in [1.54, 1.807) is 11.8 Å². The summed E-state index contributed by atoms with van der Waals surface area (Å²) in [4.78, 5) is 14.2. The van der Waals surface area contributed by atoms with Crippen LogP contribution in [0, 0.1) is 0 Å². The predicted octanol–water partition coefficient (Wildman–Crippen LogP) is 5.65. The van der Waals surface area contributed by atoms with Crippen molar-refractivity contribution in [2.24, 2.45) is 0 Å². The normalized spacial score (nSPS) is 13.4. The Morgan fingerprint density at radius 3 is 2.41 bits per heavy atom. The Morgan fingerprint density at radius 2 is 1.71 bits per heavy atom. The molecule has 34 heavy (non-hydrogen) atoms. The summed E-state index contributed by atoms with van der Waals surface area (Å²) >= 11 is 8.21. The van der Waals surface area contributed by atoms with Crippen LogP contribution in [0.5, 0.6) is 0 Å². The van der Waals surface area contributed by atoms with Gasteiger partial charge in [0, 0.05) is 37.3 Å². The molecule has 0 spiro atoms. The third-order valence-corrected chi connectivity index (χ3v) is 6.90. The Balaban J connectivity index is 1.64. The lowest BCUT2D eigenvalue weighted by Gasteiger charge is -2.42. The van der Waals surface area contributed by atoms with Gasteiger partial charge >= 0.3 is 0 Å². The minimum atomic E-state index is 0.0193. The van der Waals surface area contributed by atoms with E-state index in [-0.39, 0.29) is 6.04 Å². The number of halogens is 1. The number of benzene rings is 2. The molecule has 2 heterocycles. The predicted molar refractivity (Wildman–Crippen MR) is 140 cm³/mol. The van der Waals surface area contributed by atoms with E-state index in [2.05, 4.69) is 45.1 Å². The van der Waals surface area contributed by atoms with E-state index >= 15 is 0 Å². The van der Waals surface area contributed by atoms with Gasteiger partial charge in [0.15, 0.2) is 5.16 Å². The van der Waals surface area contributed by atoms with Crippen molar-refractivity contribution in [2.45, 2.75) is 37.3 Å². The first-order valence-corrected chi connectivity index (χ1v) is 13.0. The van der Waals surface area contributed by atoms with E-state index in [0.717, 1.165) is 33.0 Å². The van der Waals surface area contributed by atoms with Crippen molar-refractivity contribution in [3.8, 4) is 0 Å². The van der Waals surface area contributed by atoms with Crippen molar-refractivity contribution in [1.29, 1.82) is 0 Å². The number of ether oxygens (including phenoxy) is 2. The Bertz CT molecular complexity index is 1050. The minimum absolute atomic E-state index is 0.0193. The molecule has 0 amide bonds. The molecular formula is C26H31ClN4O2S. The summed E-state index contributed by atoms with van der Waals surface area (Å²) in [6, 6.07) is 18.4. The van der Waals surface area contributed by atoms with E-state index in [1.165, 1.54) is 5.56 Å². The van der Waals surface area contributed by atoms with Crippen molar-refractivity contribution < 1.29 is 9.47 Å².